The first-order valence-corrected chi connectivity index (χ1v) is 11.8. The predicted molar refractivity (Wildman–Crippen MR) is 128 cm³/mol. The third-order valence-electron chi connectivity index (χ3n) is 6.64. The number of likely N-dealkylation sites (tertiary alicyclic amines) is 1. The Balaban J connectivity index is 1.56. The molecule has 2 aromatic rings. The SMILES string of the molecule is COc1cc(C2/C(=C(\O)c3ccc4c(c3)OCCO4)C(=O)C(=O)N2CCN2CCOCC2)ccc1O. The van der Waals surface area contributed by atoms with Crippen LogP contribution in [-0.2, 0) is 14.3 Å². The smallest absolute Gasteiger partial charge is 0.295 e. The van der Waals surface area contributed by atoms with Crippen LogP contribution in [0.15, 0.2) is 42.0 Å². The van der Waals surface area contributed by atoms with Crippen molar-refractivity contribution in [2.45, 2.75) is 6.04 Å². The number of rotatable bonds is 6. The van der Waals surface area contributed by atoms with Crippen LogP contribution in [0.4, 0.5) is 0 Å². The summed E-state index contributed by atoms with van der Waals surface area (Å²) in [6, 6.07) is 8.65. The van der Waals surface area contributed by atoms with Crippen LogP contribution in [-0.4, -0.2) is 91.4 Å². The number of carbonyl (C=O) groups is 2. The number of morpholine rings is 1. The van der Waals surface area contributed by atoms with Gasteiger partial charge in [0.1, 0.15) is 19.0 Å². The van der Waals surface area contributed by atoms with Gasteiger partial charge in [0.2, 0.25) is 0 Å². The van der Waals surface area contributed by atoms with Gasteiger partial charge in [0.25, 0.3) is 11.7 Å². The van der Waals surface area contributed by atoms with E-state index in [1.165, 1.54) is 18.1 Å². The largest absolute Gasteiger partial charge is 0.507 e. The first kappa shape index (κ1) is 24.0. The van der Waals surface area contributed by atoms with Gasteiger partial charge < -0.3 is 34.1 Å². The summed E-state index contributed by atoms with van der Waals surface area (Å²) in [6.07, 6.45) is 0. The molecule has 0 saturated carbocycles. The molecule has 3 aliphatic heterocycles. The Morgan fingerprint density at radius 2 is 1.75 bits per heavy atom. The Bertz CT molecular complexity index is 1200. The number of hydrogen-bond acceptors (Lipinski definition) is 9. The fourth-order valence-corrected chi connectivity index (χ4v) is 4.74. The van der Waals surface area contributed by atoms with E-state index in [9.17, 15) is 19.8 Å². The van der Waals surface area contributed by atoms with Crippen LogP contribution in [0.2, 0.25) is 0 Å². The minimum Gasteiger partial charge on any atom is -0.507 e. The topological polar surface area (TPSA) is 118 Å². The van der Waals surface area contributed by atoms with Gasteiger partial charge in [0, 0.05) is 31.7 Å². The summed E-state index contributed by atoms with van der Waals surface area (Å²) in [5.74, 6) is -0.653. The lowest BCUT2D eigenvalue weighted by Gasteiger charge is -2.31. The van der Waals surface area contributed by atoms with Crippen LogP contribution in [0, 0.1) is 0 Å². The van der Waals surface area contributed by atoms with Crippen molar-refractivity contribution in [2.75, 3.05) is 59.7 Å². The van der Waals surface area contributed by atoms with Crippen molar-refractivity contribution in [3.05, 3.63) is 53.1 Å². The van der Waals surface area contributed by atoms with Crippen molar-refractivity contribution in [3.8, 4) is 23.0 Å². The Kier molecular flexibility index (Phi) is 6.71. The average molecular weight is 497 g/mol. The zero-order valence-electron chi connectivity index (χ0n) is 19.9. The molecule has 190 valence electrons. The van der Waals surface area contributed by atoms with Gasteiger partial charge in [-0.15, -0.1) is 0 Å². The third-order valence-corrected chi connectivity index (χ3v) is 6.64. The molecular formula is C26H28N2O8. The van der Waals surface area contributed by atoms with Crippen LogP contribution in [0.3, 0.4) is 0 Å². The number of Topliss-reactive ketones (excluding diaryl/α,β-unsaturated/α-hetero) is 1. The van der Waals surface area contributed by atoms with Gasteiger partial charge in [-0.2, -0.15) is 0 Å². The van der Waals surface area contributed by atoms with Crippen LogP contribution in [0.1, 0.15) is 17.2 Å². The number of ether oxygens (including phenoxy) is 4. The van der Waals surface area contributed by atoms with Crippen molar-refractivity contribution in [1.82, 2.24) is 9.80 Å². The molecule has 3 heterocycles. The second-order valence-electron chi connectivity index (χ2n) is 8.74. The van der Waals surface area contributed by atoms with Crippen molar-refractivity contribution in [2.24, 2.45) is 0 Å². The Labute approximate surface area is 208 Å². The molecule has 1 atom stereocenters. The van der Waals surface area contributed by atoms with E-state index < -0.39 is 17.7 Å². The minimum absolute atomic E-state index is 0.0357. The molecule has 3 aliphatic rings. The summed E-state index contributed by atoms with van der Waals surface area (Å²) in [6.45, 7) is 4.31. The first-order valence-electron chi connectivity index (χ1n) is 11.8. The van der Waals surface area contributed by atoms with Gasteiger partial charge in [-0.25, -0.2) is 0 Å². The van der Waals surface area contributed by atoms with Crippen molar-refractivity contribution >= 4 is 17.4 Å². The molecule has 2 saturated heterocycles. The number of nitrogens with zero attached hydrogens (tertiary/aromatic N) is 2. The number of phenols is 1. The van der Waals surface area contributed by atoms with E-state index in [2.05, 4.69) is 4.90 Å². The monoisotopic (exact) mass is 496 g/mol. The number of aliphatic hydroxyl groups is 1. The van der Waals surface area contributed by atoms with Crippen molar-refractivity contribution < 1.29 is 38.7 Å². The molecule has 10 heteroatoms. The number of fused-ring (bicyclic) bond motifs is 1. The summed E-state index contributed by atoms with van der Waals surface area (Å²) in [7, 11) is 1.42. The highest BCUT2D eigenvalue weighted by molar-refractivity contribution is 6.46. The summed E-state index contributed by atoms with van der Waals surface area (Å²) >= 11 is 0. The number of benzene rings is 2. The molecule has 1 amide bonds. The van der Waals surface area contributed by atoms with E-state index in [4.69, 9.17) is 18.9 Å². The van der Waals surface area contributed by atoms with Crippen LogP contribution >= 0.6 is 0 Å². The zero-order valence-corrected chi connectivity index (χ0v) is 19.9. The van der Waals surface area contributed by atoms with Crippen molar-refractivity contribution in [3.63, 3.8) is 0 Å². The maximum atomic E-state index is 13.3. The maximum absolute atomic E-state index is 13.3. The lowest BCUT2D eigenvalue weighted by Crippen LogP contribution is -2.42. The summed E-state index contributed by atoms with van der Waals surface area (Å²) in [5, 5.41) is 21.4. The number of methoxy groups -OCH3 is 1. The molecule has 2 N–H and O–H groups in total. The molecule has 0 spiro atoms. The highest BCUT2D eigenvalue weighted by Gasteiger charge is 2.46. The van der Waals surface area contributed by atoms with Gasteiger partial charge in [-0.1, -0.05) is 6.07 Å². The fourth-order valence-electron chi connectivity index (χ4n) is 4.74. The van der Waals surface area contributed by atoms with Crippen LogP contribution in [0.5, 0.6) is 23.0 Å². The van der Waals surface area contributed by atoms with Crippen molar-refractivity contribution in [1.29, 1.82) is 0 Å². The number of carbonyl (C=O) groups excluding carboxylic acids is 2. The summed E-state index contributed by atoms with van der Waals surface area (Å²) in [5.41, 5.74) is 0.831. The Morgan fingerprint density at radius 3 is 2.50 bits per heavy atom. The van der Waals surface area contributed by atoms with Gasteiger partial charge in [0.05, 0.1) is 31.9 Å². The number of phenolic OH excluding ortho intramolecular Hbond substituents is 1. The number of aliphatic hydroxyl groups excluding tert-OH is 1. The van der Waals surface area contributed by atoms with Gasteiger partial charge in [-0.3, -0.25) is 14.5 Å². The molecule has 0 radical (unpaired) electrons. The molecule has 0 aromatic heterocycles. The Hall–Kier alpha value is -3.76. The number of hydrogen-bond donors (Lipinski definition) is 2. The fraction of sp³-hybridized carbons (Fsp3) is 0.385. The normalized spacial score (nSPS) is 21.6. The molecule has 0 aliphatic carbocycles. The van der Waals surface area contributed by atoms with E-state index in [1.54, 1.807) is 30.3 Å². The first-order chi connectivity index (χ1) is 17.5. The molecule has 5 rings (SSSR count). The molecule has 2 fully saturated rings. The summed E-state index contributed by atoms with van der Waals surface area (Å²) < 4.78 is 21.8. The highest BCUT2D eigenvalue weighted by Crippen LogP contribution is 2.42. The van der Waals surface area contributed by atoms with E-state index in [0.29, 0.717) is 55.6 Å². The number of aromatic hydroxyl groups is 1. The second-order valence-corrected chi connectivity index (χ2v) is 8.74. The van der Waals surface area contributed by atoms with Gasteiger partial charge in [0.15, 0.2) is 23.0 Å². The zero-order chi connectivity index (χ0) is 25.2. The highest BCUT2D eigenvalue weighted by atomic mass is 16.6. The van der Waals surface area contributed by atoms with E-state index in [1.807, 2.05) is 0 Å². The van der Waals surface area contributed by atoms with E-state index >= 15 is 0 Å². The lowest BCUT2D eigenvalue weighted by atomic mass is 9.94. The van der Waals surface area contributed by atoms with E-state index in [-0.39, 0.29) is 29.4 Å². The number of amides is 1. The maximum Gasteiger partial charge on any atom is 0.295 e. The average Bonchev–Trinajstić information content (AvgIpc) is 3.17. The van der Waals surface area contributed by atoms with Gasteiger partial charge in [-0.05, 0) is 35.9 Å². The predicted octanol–water partition coefficient (Wildman–Crippen LogP) is 1.93. The van der Waals surface area contributed by atoms with Gasteiger partial charge >= 0.3 is 0 Å². The number of ketones is 1. The van der Waals surface area contributed by atoms with Crippen LogP contribution in [0.25, 0.3) is 5.76 Å². The minimum atomic E-state index is -0.867. The molecular weight excluding hydrogens is 468 g/mol. The molecule has 10 nitrogen and oxygen atoms in total. The quantitative estimate of drug-likeness (QED) is 0.351. The Morgan fingerprint density at radius 1 is 1.00 bits per heavy atom. The van der Waals surface area contributed by atoms with Crippen LogP contribution < -0.4 is 14.2 Å². The van der Waals surface area contributed by atoms with E-state index in [0.717, 1.165) is 13.1 Å². The summed E-state index contributed by atoms with van der Waals surface area (Å²) in [4.78, 5) is 30.2. The molecule has 36 heavy (non-hydrogen) atoms. The third kappa shape index (κ3) is 4.45. The molecule has 0 bridgehead atoms. The lowest BCUT2D eigenvalue weighted by molar-refractivity contribution is -0.140. The standard InChI is InChI=1S/C26H28N2O8/c1-33-20-14-16(2-4-18(20)29)23-22(24(30)17-3-5-19-21(15-17)36-13-12-35-19)25(31)26(32)28(23)7-6-27-8-10-34-11-9-27/h2-5,14-15,23,29-30H,6-13H2,1H3/b24-22+. The molecule has 1 unspecified atom stereocenters. The molecule has 2 aromatic carbocycles. The second kappa shape index (κ2) is 10.1.